The molecule has 0 spiro atoms. The monoisotopic (exact) mass is 545 g/mol. The molecule has 9 nitrogen and oxygen atoms in total. The van der Waals surface area contributed by atoms with Crippen LogP contribution in [0.3, 0.4) is 0 Å². The van der Waals surface area contributed by atoms with Crippen molar-refractivity contribution in [2.24, 2.45) is 0 Å². The molecule has 1 N–H and O–H groups in total. The molecule has 1 saturated carbocycles. The van der Waals surface area contributed by atoms with Gasteiger partial charge in [0.1, 0.15) is 12.7 Å². The van der Waals surface area contributed by atoms with Crippen molar-refractivity contribution in [3.8, 4) is 17.1 Å². The molecule has 40 heavy (non-hydrogen) atoms. The largest absolute Gasteiger partial charge is 0.435 e. The molecule has 6 rings (SSSR count). The van der Waals surface area contributed by atoms with Gasteiger partial charge in [-0.1, -0.05) is 25.6 Å². The van der Waals surface area contributed by atoms with Crippen molar-refractivity contribution < 1.29 is 13.2 Å². The summed E-state index contributed by atoms with van der Waals surface area (Å²) in [5.41, 5.74) is 4.85. The summed E-state index contributed by atoms with van der Waals surface area (Å²) >= 11 is 0. The smallest absolute Gasteiger partial charge is 0.364 e. The molecule has 1 aromatic carbocycles. The van der Waals surface area contributed by atoms with E-state index in [2.05, 4.69) is 31.9 Å². The minimum Gasteiger partial charge on any atom is -0.364 e. The van der Waals surface area contributed by atoms with Gasteiger partial charge < -0.3 is 5.32 Å². The summed E-state index contributed by atoms with van der Waals surface area (Å²) in [6, 6.07) is 8.18. The number of alkyl halides is 3. The lowest BCUT2D eigenvalue weighted by Gasteiger charge is -2.13. The van der Waals surface area contributed by atoms with E-state index in [0.717, 1.165) is 47.8 Å². The maximum absolute atomic E-state index is 13.1. The maximum atomic E-state index is 13.1. The number of rotatable bonds is 8. The molecule has 1 fully saturated rings. The number of aromatic nitrogens is 8. The predicted octanol–water partition coefficient (Wildman–Crippen LogP) is 5.95. The quantitative estimate of drug-likeness (QED) is 0.257. The minimum atomic E-state index is -4.50. The van der Waals surface area contributed by atoms with Crippen molar-refractivity contribution in [1.29, 1.82) is 0 Å². The molecule has 0 radical (unpaired) electrons. The van der Waals surface area contributed by atoms with E-state index in [1.54, 1.807) is 42.5 Å². The lowest BCUT2D eigenvalue weighted by Crippen LogP contribution is -2.08. The Morgan fingerprint density at radius 3 is 2.52 bits per heavy atom. The van der Waals surface area contributed by atoms with Crippen LogP contribution in [0.1, 0.15) is 54.0 Å². The Bertz CT molecular complexity index is 1710. The average Bonchev–Trinajstić information content (AvgIpc) is 3.59. The lowest BCUT2D eigenvalue weighted by molar-refractivity contribution is -0.141. The normalized spacial score (nSPS) is 13.6. The highest BCUT2D eigenvalue weighted by atomic mass is 19.4. The Morgan fingerprint density at radius 1 is 1.10 bits per heavy atom. The van der Waals surface area contributed by atoms with Crippen LogP contribution < -0.4 is 5.32 Å². The summed E-state index contributed by atoms with van der Waals surface area (Å²) in [5, 5.41) is 7.10. The van der Waals surface area contributed by atoms with Crippen molar-refractivity contribution in [3.63, 3.8) is 0 Å². The van der Waals surface area contributed by atoms with Crippen molar-refractivity contribution in [1.82, 2.24) is 39.3 Å². The maximum Gasteiger partial charge on any atom is 0.435 e. The minimum absolute atomic E-state index is 0.382. The number of hydrogen-bond donors (Lipinski definition) is 1. The summed E-state index contributed by atoms with van der Waals surface area (Å²) in [6.45, 7) is 7.91. The Morgan fingerprint density at radius 2 is 1.88 bits per heavy atom. The number of benzene rings is 1. The van der Waals surface area contributed by atoms with Crippen LogP contribution >= 0.6 is 0 Å². The molecule has 1 aliphatic rings. The van der Waals surface area contributed by atoms with Gasteiger partial charge in [0, 0.05) is 24.4 Å². The molecule has 12 heteroatoms. The molecule has 0 amide bonds. The summed E-state index contributed by atoms with van der Waals surface area (Å²) in [7, 11) is 0. The summed E-state index contributed by atoms with van der Waals surface area (Å²) in [4.78, 5) is 23.3. The number of hydrogen-bond acceptors (Lipinski definition) is 7. The summed E-state index contributed by atoms with van der Waals surface area (Å²) < 4.78 is 42.3. The fourth-order valence-electron chi connectivity index (χ4n) is 4.72. The third-order valence-electron chi connectivity index (χ3n) is 6.91. The van der Waals surface area contributed by atoms with E-state index >= 15 is 0 Å². The van der Waals surface area contributed by atoms with Crippen LogP contribution in [0.25, 0.3) is 34.4 Å². The molecule has 0 bridgehead atoms. The second-order valence-electron chi connectivity index (χ2n) is 9.71. The van der Waals surface area contributed by atoms with Gasteiger partial charge in [0.15, 0.2) is 28.5 Å². The van der Waals surface area contributed by atoms with Crippen LogP contribution in [0.5, 0.6) is 0 Å². The molecular formula is C28H26F3N9. The van der Waals surface area contributed by atoms with Crippen molar-refractivity contribution >= 4 is 23.2 Å². The van der Waals surface area contributed by atoms with Crippen LogP contribution in [0.4, 0.5) is 19.0 Å². The number of nitrogens with zero attached hydrogens (tertiary/aromatic N) is 8. The Labute approximate surface area is 227 Å². The predicted molar refractivity (Wildman–Crippen MR) is 145 cm³/mol. The van der Waals surface area contributed by atoms with E-state index in [1.165, 1.54) is 4.68 Å². The van der Waals surface area contributed by atoms with Crippen molar-refractivity contribution in [2.75, 3.05) is 5.32 Å². The van der Waals surface area contributed by atoms with Crippen LogP contribution in [0.2, 0.25) is 0 Å². The topological polar surface area (TPSA) is 99.2 Å². The van der Waals surface area contributed by atoms with E-state index in [9.17, 15) is 13.2 Å². The highest BCUT2D eigenvalue weighted by Crippen LogP contribution is 2.43. The second-order valence-corrected chi connectivity index (χ2v) is 9.71. The molecule has 1 aliphatic carbocycles. The van der Waals surface area contributed by atoms with Gasteiger partial charge in [0.2, 0.25) is 0 Å². The highest BCUT2D eigenvalue weighted by Gasteiger charge is 2.34. The number of imidazole rings is 1. The lowest BCUT2D eigenvalue weighted by atomic mass is 10.1. The van der Waals surface area contributed by atoms with Gasteiger partial charge in [0.25, 0.3) is 0 Å². The summed E-state index contributed by atoms with van der Waals surface area (Å²) in [6.07, 6.45) is 3.27. The van der Waals surface area contributed by atoms with Crippen LogP contribution in [-0.4, -0.2) is 39.3 Å². The number of halogens is 3. The first-order valence-electron chi connectivity index (χ1n) is 12.9. The second kappa shape index (κ2) is 9.85. The van der Waals surface area contributed by atoms with Gasteiger partial charge in [-0.3, -0.25) is 4.57 Å². The zero-order chi connectivity index (χ0) is 28.0. The van der Waals surface area contributed by atoms with Crippen LogP contribution in [0.15, 0.2) is 49.6 Å². The van der Waals surface area contributed by atoms with Gasteiger partial charge in [-0.2, -0.15) is 18.3 Å². The first kappa shape index (κ1) is 25.7. The van der Waals surface area contributed by atoms with E-state index in [-0.39, 0.29) is 0 Å². The first-order chi connectivity index (χ1) is 19.3. The van der Waals surface area contributed by atoms with Gasteiger partial charge in [-0.15, -0.1) is 0 Å². The Kier molecular flexibility index (Phi) is 6.32. The van der Waals surface area contributed by atoms with Crippen LogP contribution in [0, 0.1) is 6.92 Å². The first-order valence-corrected chi connectivity index (χ1v) is 12.9. The fourth-order valence-corrected chi connectivity index (χ4v) is 4.72. The fraction of sp³-hybridized carbons (Fsp3) is 0.286. The van der Waals surface area contributed by atoms with E-state index in [0.29, 0.717) is 46.7 Å². The van der Waals surface area contributed by atoms with Gasteiger partial charge in [0.05, 0.1) is 22.6 Å². The molecule has 5 aromatic rings. The third kappa shape index (κ3) is 4.69. The number of anilines is 1. The summed E-state index contributed by atoms with van der Waals surface area (Å²) in [5.74, 6) is 1.46. The van der Waals surface area contributed by atoms with E-state index in [4.69, 9.17) is 9.97 Å². The molecule has 0 aliphatic heterocycles. The number of nitrogens with one attached hydrogen (secondary N) is 1. The molecule has 4 aromatic heterocycles. The van der Waals surface area contributed by atoms with Crippen molar-refractivity contribution in [3.05, 3.63) is 77.9 Å². The standard InChI is InChI=1S/C28H26F3N9/c1-4-20-22(23(18-8-9-18)34-14-33-20)25-36-26(24-27(37-25)39(5-2)15-35-24)32-13-17-6-10-19(11-7-17)40-16(3)12-21(38-40)28(29,30)31/h5-7,10-12,14-15,18H,2,4,8-9,13H2,1,3H3,(H,32,36,37). The van der Waals surface area contributed by atoms with Gasteiger partial charge >= 0.3 is 6.18 Å². The molecule has 204 valence electrons. The molecular weight excluding hydrogens is 519 g/mol. The van der Waals surface area contributed by atoms with E-state index in [1.807, 2.05) is 19.1 Å². The van der Waals surface area contributed by atoms with Gasteiger partial charge in [-0.05, 0) is 49.9 Å². The molecule has 0 unspecified atom stereocenters. The highest BCUT2D eigenvalue weighted by molar-refractivity contribution is 5.86. The Balaban J connectivity index is 1.32. The number of fused-ring (bicyclic) bond motifs is 1. The Hall–Kier alpha value is -4.61. The SMILES string of the molecule is C=Cn1cnc2c(NCc3ccc(-n4nc(C(F)(F)F)cc4C)cc3)nc(-c3c(CC)ncnc3C3CC3)nc21. The zero-order valence-electron chi connectivity index (χ0n) is 21.9. The van der Waals surface area contributed by atoms with Gasteiger partial charge in [-0.25, -0.2) is 29.6 Å². The molecule has 0 saturated heterocycles. The zero-order valence-corrected chi connectivity index (χ0v) is 21.9. The molecule has 4 heterocycles. The number of aryl methyl sites for hydroxylation is 2. The average molecular weight is 546 g/mol. The van der Waals surface area contributed by atoms with Crippen molar-refractivity contribution in [2.45, 2.75) is 51.7 Å². The third-order valence-corrected chi connectivity index (χ3v) is 6.91. The van der Waals surface area contributed by atoms with E-state index < -0.39 is 11.9 Å². The van der Waals surface area contributed by atoms with Crippen LogP contribution in [-0.2, 0) is 19.1 Å². The molecule has 0 atom stereocenters.